The van der Waals surface area contributed by atoms with Gasteiger partial charge in [0.05, 0.1) is 12.6 Å². The lowest BCUT2D eigenvalue weighted by atomic mass is 10.0. The van der Waals surface area contributed by atoms with Crippen LogP contribution in [0.3, 0.4) is 0 Å². The van der Waals surface area contributed by atoms with E-state index in [2.05, 4.69) is 34.3 Å². The summed E-state index contributed by atoms with van der Waals surface area (Å²) >= 11 is 0. The number of anilines is 2. The van der Waals surface area contributed by atoms with Crippen LogP contribution in [0.1, 0.15) is 20.3 Å². The highest BCUT2D eigenvalue weighted by Gasteiger charge is 2.11. The van der Waals surface area contributed by atoms with Gasteiger partial charge < -0.3 is 16.2 Å². The second-order valence-electron chi connectivity index (χ2n) is 3.70. The van der Waals surface area contributed by atoms with Crippen LogP contribution < -0.4 is 11.1 Å². The Balaban J connectivity index is 2.48. The van der Waals surface area contributed by atoms with Crippen LogP contribution in [-0.4, -0.2) is 32.9 Å². The Hall–Kier alpha value is -1.30. The minimum Gasteiger partial charge on any atom is -0.394 e. The summed E-state index contributed by atoms with van der Waals surface area (Å²) in [5, 5.41) is 18.4. The number of aromatic amines is 1. The first-order chi connectivity index (χ1) is 6.61. The van der Waals surface area contributed by atoms with E-state index in [1.54, 1.807) is 0 Å². The molecule has 1 heterocycles. The minimum absolute atomic E-state index is 0.0230. The molecule has 1 aromatic heterocycles. The van der Waals surface area contributed by atoms with Crippen LogP contribution in [0.25, 0.3) is 0 Å². The van der Waals surface area contributed by atoms with Crippen molar-refractivity contribution in [1.82, 2.24) is 15.2 Å². The van der Waals surface area contributed by atoms with Gasteiger partial charge in [-0.25, -0.2) is 5.10 Å². The predicted octanol–water partition coefficient (Wildman–Crippen LogP) is 0.206. The van der Waals surface area contributed by atoms with E-state index in [4.69, 9.17) is 10.8 Å². The number of hydrogen-bond acceptors (Lipinski definition) is 5. The quantitative estimate of drug-likeness (QED) is 0.543. The molecule has 0 aliphatic carbocycles. The van der Waals surface area contributed by atoms with Crippen molar-refractivity contribution in [3.05, 3.63) is 0 Å². The van der Waals surface area contributed by atoms with Gasteiger partial charge in [-0.1, -0.05) is 13.8 Å². The number of aliphatic hydroxyl groups excluding tert-OH is 1. The first-order valence-electron chi connectivity index (χ1n) is 4.67. The smallest absolute Gasteiger partial charge is 0.243 e. The van der Waals surface area contributed by atoms with E-state index in [1.807, 2.05) is 0 Å². The highest BCUT2D eigenvalue weighted by molar-refractivity contribution is 5.30. The van der Waals surface area contributed by atoms with Crippen LogP contribution in [-0.2, 0) is 0 Å². The van der Waals surface area contributed by atoms with Crippen LogP contribution >= 0.6 is 0 Å². The number of nitrogen functional groups attached to an aromatic ring is 1. The SMILES string of the molecule is CC(C)CC(CO)Nc1n[nH]c(N)n1. The molecular weight excluding hydrogens is 182 g/mol. The van der Waals surface area contributed by atoms with Gasteiger partial charge in [-0.05, 0) is 12.3 Å². The summed E-state index contributed by atoms with van der Waals surface area (Å²) in [5.74, 6) is 1.21. The van der Waals surface area contributed by atoms with Gasteiger partial charge in [0, 0.05) is 0 Å². The molecule has 0 saturated carbocycles. The Bertz CT molecular complexity index is 272. The molecule has 0 aromatic carbocycles. The number of hydrogen-bond donors (Lipinski definition) is 4. The fourth-order valence-electron chi connectivity index (χ4n) is 1.27. The molecule has 14 heavy (non-hydrogen) atoms. The molecule has 0 amide bonds. The zero-order valence-corrected chi connectivity index (χ0v) is 8.49. The van der Waals surface area contributed by atoms with Crippen LogP contribution in [0.5, 0.6) is 0 Å². The number of H-pyrrole nitrogens is 1. The molecule has 1 unspecified atom stereocenters. The fourth-order valence-corrected chi connectivity index (χ4v) is 1.27. The normalized spacial score (nSPS) is 13.1. The second kappa shape index (κ2) is 4.80. The van der Waals surface area contributed by atoms with Gasteiger partial charge in [-0.3, -0.25) is 0 Å². The van der Waals surface area contributed by atoms with Crippen molar-refractivity contribution < 1.29 is 5.11 Å². The molecule has 6 nitrogen and oxygen atoms in total. The summed E-state index contributed by atoms with van der Waals surface area (Å²) in [5.41, 5.74) is 5.37. The highest BCUT2D eigenvalue weighted by Crippen LogP contribution is 2.09. The third kappa shape index (κ3) is 3.21. The van der Waals surface area contributed by atoms with E-state index < -0.39 is 0 Å². The van der Waals surface area contributed by atoms with Gasteiger partial charge >= 0.3 is 0 Å². The average Bonchev–Trinajstić information content (AvgIpc) is 2.49. The topological polar surface area (TPSA) is 99.8 Å². The summed E-state index contributed by atoms with van der Waals surface area (Å²) in [7, 11) is 0. The number of aromatic nitrogens is 3. The lowest BCUT2D eigenvalue weighted by Crippen LogP contribution is -2.26. The Morgan fingerprint density at radius 1 is 1.57 bits per heavy atom. The summed E-state index contributed by atoms with van der Waals surface area (Å²) in [6.45, 7) is 4.25. The largest absolute Gasteiger partial charge is 0.394 e. The average molecular weight is 199 g/mol. The molecule has 0 aliphatic heterocycles. The van der Waals surface area contributed by atoms with Crippen molar-refractivity contribution in [1.29, 1.82) is 0 Å². The van der Waals surface area contributed by atoms with Crippen LogP contribution in [0.2, 0.25) is 0 Å². The van der Waals surface area contributed by atoms with Gasteiger partial charge in [0.25, 0.3) is 0 Å². The maximum atomic E-state index is 9.08. The molecule has 6 heteroatoms. The predicted molar refractivity (Wildman–Crippen MR) is 54.7 cm³/mol. The summed E-state index contributed by atoms with van der Waals surface area (Å²) < 4.78 is 0. The number of nitrogens with zero attached hydrogens (tertiary/aromatic N) is 2. The number of rotatable bonds is 5. The van der Waals surface area contributed by atoms with Crippen molar-refractivity contribution in [2.24, 2.45) is 5.92 Å². The summed E-state index contributed by atoms with van der Waals surface area (Å²) in [6.07, 6.45) is 0.866. The van der Waals surface area contributed by atoms with Crippen molar-refractivity contribution in [2.75, 3.05) is 17.7 Å². The first-order valence-corrected chi connectivity index (χ1v) is 4.67. The van der Waals surface area contributed by atoms with E-state index >= 15 is 0 Å². The molecule has 80 valence electrons. The second-order valence-corrected chi connectivity index (χ2v) is 3.70. The lowest BCUT2D eigenvalue weighted by Gasteiger charge is -2.16. The van der Waals surface area contributed by atoms with Gasteiger partial charge in [-0.15, -0.1) is 5.10 Å². The Labute approximate surface area is 82.9 Å². The maximum absolute atomic E-state index is 9.08. The monoisotopic (exact) mass is 199 g/mol. The Kier molecular flexibility index (Phi) is 3.70. The zero-order chi connectivity index (χ0) is 10.6. The van der Waals surface area contributed by atoms with E-state index in [-0.39, 0.29) is 18.6 Å². The van der Waals surface area contributed by atoms with E-state index in [9.17, 15) is 0 Å². The first kappa shape index (κ1) is 10.8. The number of nitrogens with two attached hydrogens (primary N) is 1. The molecule has 0 fully saturated rings. The Morgan fingerprint density at radius 3 is 2.71 bits per heavy atom. The minimum atomic E-state index is -0.0230. The molecule has 1 rings (SSSR count). The van der Waals surface area contributed by atoms with Gasteiger partial charge in [0.1, 0.15) is 0 Å². The molecule has 0 spiro atoms. The molecule has 0 bridgehead atoms. The highest BCUT2D eigenvalue weighted by atomic mass is 16.3. The van der Waals surface area contributed by atoms with Crippen LogP contribution in [0, 0.1) is 5.92 Å². The summed E-state index contributed by atoms with van der Waals surface area (Å²) in [6, 6.07) is -0.0230. The molecule has 1 aromatic rings. The molecule has 0 radical (unpaired) electrons. The lowest BCUT2D eigenvalue weighted by molar-refractivity contribution is 0.259. The summed E-state index contributed by atoms with van der Waals surface area (Å²) in [4.78, 5) is 3.89. The molecule has 0 aliphatic rings. The molecule has 0 saturated heterocycles. The standard InChI is InChI=1S/C8H17N5O/c1-5(2)3-6(4-14)10-8-11-7(9)12-13-8/h5-6,14H,3-4H2,1-2H3,(H4,9,10,11,12,13). The number of nitrogens with one attached hydrogen (secondary N) is 2. The van der Waals surface area contributed by atoms with Crippen molar-refractivity contribution in [3.8, 4) is 0 Å². The maximum Gasteiger partial charge on any atom is 0.243 e. The van der Waals surface area contributed by atoms with E-state index in [0.29, 0.717) is 11.9 Å². The van der Waals surface area contributed by atoms with Crippen molar-refractivity contribution >= 4 is 11.9 Å². The van der Waals surface area contributed by atoms with E-state index in [1.165, 1.54) is 0 Å². The van der Waals surface area contributed by atoms with Crippen LogP contribution in [0.15, 0.2) is 0 Å². The molecule has 1 atom stereocenters. The van der Waals surface area contributed by atoms with Gasteiger partial charge in [-0.2, -0.15) is 4.98 Å². The third-order valence-electron chi connectivity index (χ3n) is 1.81. The van der Waals surface area contributed by atoms with Crippen LogP contribution in [0.4, 0.5) is 11.9 Å². The van der Waals surface area contributed by atoms with E-state index in [0.717, 1.165) is 6.42 Å². The van der Waals surface area contributed by atoms with Gasteiger partial charge in [0.2, 0.25) is 11.9 Å². The van der Waals surface area contributed by atoms with Crippen molar-refractivity contribution in [3.63, 3.8) is 0 Å². The number of aliphatic hydroxyl groups is 1. The molecular formula is C8H17N5O. The fraction of sp³-hybridized carbons (Fsp3) is 0.750. The molecule has 5 N–H and O–H groups in total. The zero-order valence-electron chi connectivity index (χ0n) is 8.49. The van der Waals surface area contributed by atoms with Crippen molar-refractivity contribution in [2.45, 2.75) is 26.3 Å². The Morgan fingerprint density at radius 2 is 2.29 bits per heavy atom. The van der Waals surface area contributed by atoms with Gasteiger partial charge in [0.15, 0.2) is 0 Å². The third-order valence-corrected chi connectivity index (χ3v) is 1.81.